The Kier molecular flexibility index (Phi) is 3.20. The highest BCUT2D eigenvalue weighted by Gasteiger charge is 2.14. The van der Waals surface area contributed by atoms with Crippen LogP contribution < -0.4 is 0 Å². The predicted molar refractivity (Wildman–Crippen MR) is 79.5 cm³/mol. The third-order valence-corrected chi connectivity index (χ3v) is 3.54. The Morgan fingerprint density at radius 2 is 1.65 bits per heavy atom. The van der Waals surface area contributed by atoms with Crippen molar-refractivity contribution in [2.75, 3.05) is 0 Å². The number of hydrogen-bond acceptors (Lipinski definition) is 3. The van der Waals surface area contributed by atoms with E-state index in [-0.39, 0.29) is 0 Å². The number of aliphatic hydroxyl groups excluding tert-OH is 1. The molecule has 3 heteroatoms. The highest BCUT2D eigenvalue weighted by molar-refractivity contribution is 5.74. The second kappa shape index (κ2) is 5.02. The minimum absolute atomic E-state index is 0.638. The van der Waals surface area contributed by atoms with E-state index >= 15 is 0 Å². The molecule has 0 saturated heterocycles. The Morgan fingerprint density at radius 3 is 2.45 bits per heavy atom. The predicted octanol–water partition coefficient (Wildman–Crippen LogP) is 3.33. The highest BCUT2D eigenvalue weighted by Crippen LogP contribution is 2.27. The van der Waals surface area contributed by atoms with Gasteiger partial charge in [-0.25, -0.2) is 0 Å². The van der Waals surface area contributed by atoms with E-state index in [1.54, 1.807) is 12.4 Å². The first-order valence-corrected chi connectivity index (χ1v) is 6.61. The molecule has 0 saturated carbocycles. The summed E-state index contributed by atoms with van der Waals surface area (Å²) in [5, 5.41) is 10.6. The van der Waals surface area contributed by atoms with Gasteiger partial charge in [-0.2, -0.15) is 0 Å². The summed E-state index contributed by atoms with van der Waals surface area (Å²) in [5.41, 5.74) is 5.64. The van der Waals surface area contributed by atoms with Crippen molar-refractivity contribution in [2.45, 2.75) is 20.0 Å². The molecule has 0 spiro atoms. The Balaban J connectivity index is 2.07. The maximum atomic E-state index is 10.6. The quantitative estimate of drug-likeness (QED) is 0.772. The van der Waals surface area contributed by atoms with Crippen LogP contribution in [0.15, 0.2) is 48.8 Å². The molecule has 0 fully saturated rings. The number of rotatable bonds is 2. The summed E-state index contributed by atoms with van der Waals surface area (Å²) in [7, 11) is 0. The Morgan fingerprint density at radius 1 is 0.900 bits per heavy atom. The van der Waals surface area contributed by atoms with Gasteiger partial charge in [0.15, 0.2) is 0 Å². The standard InChI is InChI=1S/C17H16N2O/c1-11-3-4-12(2)14(9-11)17(20)13-5-6-15-16(10-13)19-8-7-18-15/h3-10,17,20H,1-2H3. The summed E-state index contributed by atoms with van der Waals surface area (Å²) in [6.07, 6.45) is 2.70. The smallest absolute Gasteiger partial charge is 0.104 e. The Bertz CT molecular complexity index is 768. The van der Waals surface area contributed by atoms with Crippen LogP contribution >= 0.6 is 0 Å². The third-order valence-electron chi connectivity index (χ3n) is 3.54. The van der Waals surface area contributed by atoms with Crippen LogP contribution in [0.1, 0.15) is 28.4 Å². The zero-order chi connectivity index (χ0) is 14.1. The number of aliphatic hydroxyl groups is 1. The van der Waals surface area contributed by atoms with E-state index in [4.69, 9.17) is 0 Å². The lowest BCUT2D eigenvalue weighted by atomic mass is 9.95. The molecule has 100 valence electrons. The van der Waals surface area contributed by atoms with Gasteiger partial charge in [0.1, 0.15) is 6.10 Å². The molecule has 20 heavy (non-hydrogen) atoms. The fourth-order valence-electron chi connectivity index (χ4n) is 2.38. The molecule has 3 rings (SSSR count). The molecule has 3 nitrogen and oxygen atoms in total. The van der Waals surface area contributed by atoms with E-state index in [0.717, 1.165) is 33.3 Å². The average Bonchev–Trinajstić information content (AvgIpc) is 2.48. The number of aromatic nitrogens is 2. The second-order valence-corrected chi connectivity index (χ2v) is 5.07. The zero-order valence-corrected chi connectivity index (χ0v) is 11.5. The van der Waals surface area contributed by atoms with Crippen LogP contribution in [-0.2, 0) is 0 Å². The summed E-state index contributed by atoms with van der Waals surface area (Å²) in [5.74, 6) is 0. The molecular formula is C17H16N2O. The van der Waals surface area contributed by atoms with Crippen LogP contribution in [0.4, 0.5) is 0 Å². The Labute approximate surface area is 117 Å². The van der Waals surface area contributed by atoms with Gasteiger partial charge >= 0.3 is 0 Å². The van der Waals surface area contributed by atoms with Gasteiger partial charge in [-0.1, -0.05) is 29.8 Å². The second-order valence-electron chi connectivity index (χ2n) is 5.07. The maximum absolute atomic E-state index is 10.6. The molecular weight excluding hydrogens is 248 g/mol. The number of benzene rings is 2. The summed E-state index contributed by atoms with van der Waals surface area (Å²) in [4.78, 5) is 8.53. The van der Waals surface area contributed by atoms with Gasteiger partial charge in [0.05, 0.1) is 11.0 Å². The molecule has 1 unspecified atom stereocenters. The monoisotopic (exact) mass is 264 g/mol. The van der Waals surface area contributed by atoms with Crippen LogP contribution in [-0.4, -0.2) is 15.1 Å². The van der Waals surface area contributed by atoms with E-state index in [9.17, 15) is 5.11 Å². The molecule has 1 aromatic heterocycles. The largest absolute Gasteiger partial charge is 0.384 e. The minimum Gasteiger partial charge on any atom is -0.384 e. The summed E-state index contributed by atoms with van der Waals surface area (Å²) in [6, 6.07) is 11.8. The topological polar surface area (TPSA) is 46.0 Å². The minimum atomic E-state index is -0.638. The zero-order valence-electron chi connectivity index (χ0n) is 11.5. The summed E-state index contributed by atoms with van der Waals surface area (Å²) < 4.78 is 0. The van der Waals surface area contributed by atoms with Crippen molar-refractivity contribution in [2.24, 2.45) is 0 Å². The first-order valence-electron chi connectivity index (χ1n) is 6.61. The molecule has 0 radical (unpaired) electrons. The van der Waals surface area contributed by atoms with Gasteiger partial charge in [-0.3, -0.25) is 9.97 Å². The highest BCUT2D eigenvalue weighted by atomic mass is 16.3. The fourth-order valence-corrected chi connectivity index (χ4v) is 2.38. The van der Waals surface area contributed by atoms with Crippen LogP contribution in [0.2, 0.25) is 0 Å². The van der Waals surface area contributed by atoms with Crippen LogP contribution in [0.5, 0.6) is 0 Å². The normalized spacial score (nSPS) is 12.6. The van der Waals surface area contributed by atoms with Gasteiger partial charge in [-0.05, 0) is 42.7 Å². The fraction of sp³-hybridized carbons (Fsp3) is 0.176. The van der Waals surface area contributed by atoms with E-state index in [1.165, 1.54) is 0 Å². The number of nitrogens with zero attached hydrogens (tertiary/aromatic N) is 2. The molecule has 2 aromatic carbocycles. The van der Waals surface area contributed by atoms with Crippen LogP contribution in [0.25, 0.3) is 11.0 Å². The van der Waals surface area contributed by atoms with E-state index in [1.807, 2.05) is 44.2 Å². The van der Waals surface area contributed by atoms with Gasteiger partial charge in [0.25, 0.3) is 0 Å². The molecule has 0 bridgehead atoms. The first-order chi connectivity index (χ1) is 9.65. The number of aryl methyl sites for hydroxylation is 2. The van der Waals surface area contributed by atoms with Crippen molar-refractivity contribution >= 4 is 11.0 Å². The summed E-state index contributed by atoms with van der Waals surface area (Å²) in [6.45, 7) is 4.04. The van der Waals surface area contributed by atoms with Crippen molar-refractivity contribution in [3.05, 3.63) is 71.0 Å². The molecule has 1 atom stereocenters. The molecule has 0 aliphatic rings. The van der Waals surface area contributed by atoms with E-state index in [0.29, 0.717) is 0 Å². The molecule has 1 heterocycles. The van der Waals surface area contributed by atoms with Crippen molar-refractivity contribution < 1.29 is 5.11 Å². The van der Waals surface area contributed by atoms with Crippen molar-refractivity contribution in [3.8, 4) is 0 Å². The Hall–Kier alpha value is -2.26. The SMILES string of the molecule is Cc1ccc(C)c(C(O)c2ccc3nccnc3c2)c1. The first kappa shape index (κ1) is 12.8. The summed E-state index contributed by atoms with van der Waals surface area (Å²) >= 11 is 0. The molecule has 0 amide bonds. The molecule has 0 aliphatic heterocycles. The third kappa shape index (κ3) is 2.28. The number of hydrogen-bond donors (Lipinski definition) is 1. The van der Waals surface area contributed by atoms with Crippen molar-refractivity contribution in [1.29, 1.82) is 0 Å². The lowest BCUT2D eigenvalue weighted by Gasteiger charge is -2.15. The van der Waals surface area contributed by atoms with Gasteiger partial charge in [0, 0.05) is 12.4 Å². The molecule has 1 N–H and O–H groups in total. The maximum Gasteiger partial charge on any atom is 0.104 e. The van der Waals surface area contributed by atoms with E-state index in [2.05, 4.69) is 16.0 Å². The molecule has 0 aliphatic carbocycles. The van der Waals surface area contributed by atoms with E-state index < -0.39 is 6.10 Å². The van der Waals surface area contributed by atoms with Gasteiger partial charge < -0.3 is 5.11 Å². The number of fused-ring (bicyclic) bond motifs is 1. The van der Waals surface area contributed by atoms with Crippen LogP contribution in [0.3, 0.4) is 0 Å². The van der Waals surface area contributed by atoms with Gasteiger partial charge in [-0.15, -0.1) is 0 Å². The van der Waals surface area contributed by atoms with Gasteiger partial charge in [0.2, 0.25) is 0 Å². The molecule has 3 aromatic rings. The average molecular weight is 264 g/mol. The lowest BCUT2D eigenvalue weighted by Crippen LogP contribution is -2.03. The lowest BCUT2D eigenvalue weighted by molar-refractivity contribution is 0.219. The van der Waals surface area contributed by atoms with Crippen molar-refractivity contribution in [1.82, 2.24) is 9.97 Å². The van der Waals surface area contributed by atoms with Crippen LogP contribution in [0, 0.1) is 13.8 Å². The van der Waals surface area contributed by atoms with Crippen molar-refractivity contribution in [3.63, 3.8) is 0 Å².